The number of rotatable bonds is 15. The minimum atomic E-state index is -0.492. The van der Waals surface area contributed by atoms with Crippen molar-refractivity contribution >= 4 is 11.6 Å². The van der Waals surface area contributed by atoms with Gasteiger partial charge < -0.3 is 10.2 Å². The van der Waals surface area contributed by atoms with E-state index in [0.29, 0.717) is 24.5 Å². The highest BCUT2D eigenvalue weighted by molar-refractivity contribution is 5.83. The molecule has 1 rings (SSSR count). The quantitative estimate of drug-likeness (QED) is 0.336. The van der Waals surface area contributed by atoms with Gasteiger partial charge in [0.1, 0.15) is 12.4 Å². The molecule has 2 N–H and O–H groups in total. The Balaban J connectivity index is 2.25. The average Bonchev–Trinajstić information content (AvgIpc) is 3.00. The Hall–Kier alpha value is -1.00. The molecule has 26 heavy (non-hydrogen) atoms. The van der Waals surface area contributed by atoms with Gasteiger partial charge in [-0.1, -0.05) is 57.6 Å². The minimum Gasteiger partial charge on any atom is -0.396 e. The predicted molar refractivity (Wildman–Crippen MR) is 105 cm³/mol. The third-order valence-electron chi connectivity index (χ3n) is 5.66. The van der Waals surface area contributed by atoms with Crippen molar-refractivity contribution in [2.24, 2.45) is 17.8 Å². The minimum absolute atomic E-state index is 0.176. The number of hydrogen-bond donors (Lipinski definition) is 2. The standard InChI is InChI=1S/C22H38O4/c1-2-3-4-5-6-8-11-18-14-15-21(25)20(18)13-10-7-9-12-19(16-23)22(26)17-24/h8,11,18-20,23-24H,2-7,9-10,12-17H2,1H3/t18-,19?,20+/m0/s1. The molecule has 0 aromatic heterocycles. The first-order chi connectivity index (χ1) is 12.6. The Morgan fingerprint density at radius 3 is 2.62 bits per heavy atom. The van der Waals surface area contributed by atoms with Crippen molar-refractivity contribution < 1.29 is 19.8 Å². The maximum Gasteiger partial charge on any atom is 0.163 e. The maximum atomic E-state index is 12.2. The molecule has 1 fully saturated rings. The number of hydrogen-bond acceptors (Lipinski definition) is 4. The summed E-state index contributed by atoms with van der Waals surface area (Å²) in [5, 5.41) is 18.1. The smallest absolute Gasteiger partial charge is 0.163 e. The van der Waals surface area contributed by atoms with E-state index in [2.05, 4.69) is 19.1 Å². The van der Waals surface area contributed by atoms with Crippen LogP contribution >= 0.6 is 0 Å². The van der Waals surface area contributed by atoms with Crippen molar-refractivity contribution in [3.63, 3.8) is 0 Å². The molecule has 4 nitrogen and oxygen atoms in total. The lowest BCUT2D eigenvalue weighted by atomic mass is 9.89. The molecule has 150 valence electrons. The Morgan fingerprint density at radius 1 is 1.15 bits per heavy atom. The Labute approximate surface area is 159 Å². The fourth-order valence-electron chi connectivity index (χ4n) is 3.91. The molecule has 0 spiro atoms. The molecule has 0 aliphatic heterocycles. The Bertz CT molecular complexity index is 430. The van der Waals surface area contributed by atoms with E-state index in [-0.39, 0.29) is 18.3 Å². The second-order valence-corrected chi connectivity index (χ2v) is 7.69. The van der Waals surface area contributed by atoms with Crippen LogP contribution in [-0.2, 0) is 9.59 Å². The van der Waals surface area contributed by atoms with E-state index in [1.807, 2.05) is 0 Å². The molecular formula is C22H38O4. The van der Waals surface area contributed by atoms with Gasteiger partial charge in [-0.3, -0.25) is 9.59 Å². The second-order valence-electron chi connectivity index (χ2n) is 7.69. The Kier molecular flexibility index (Phi) is 12.5. The van der Waals surface area contributed by atoms with Crippen molar-refractivity contribution in [3.05, 3.63) is 12.2 Å². The maximum absolute atomic E-state index is 12.2. The number of aliphatic hydroxyl groups is 2. The fourth-order valence-corrected chi connectivity index (χ4v) is 3.91. The number of aliphatic hydroxyl groups excluding tert-OH is 2. The van der Waals surface area contributed by atoms with E-state index in [0.717, 1.165) is 38.5 Å². The van der Waals surface area contributed by atoms with Crippen molar-refractivity contribution in [2.45, 2.75) is 84.0 Å². The van der Waals surface area contributed by atoms with Crippen LogP contribution in [0.1, 0.15) is 84.0 Å². The van der Waals surface area contributed by atoms with Crippen molar-refractivity contribution in [3.8, 4) is 0 Å². The average molecular weight is 367 g/mol. The van der Waals surface area contributed by atoms with Gasteiger partial charge >= 0.3 is 0 Å². The highest BCUT2D eigenvalue weighted by atomic mass is 16.3. The lowest BCUT2D eigenvalue weighted by Crippen LogP contribution is -2.21. The number of unbranched alkanes of at least 4 members (excludes halogenated alkanes) is 6. The SMILES string of the molecule is CCCCCCC=C[C@H]1CCC(=O)[C@@H]1CCCCCC(CO)C(=O)CO. The van der Waals surface area contributed by atoms with Crippen LogP contribution < -0.4 is 0 Å². The first kappa shape index (κ1) is 23.0. The third-order valence-corrected chi connectivity index (χ3v) is 5.66. The summed E-state index contributed by atoms with van der Waals surface area (Å²) >= 11 is 0. The molecule has 1 aliphatic rings. The van der Waals surface area contributed by atoms with E-state index < -0.39 is 12.5 Å². The second kappa shape index (κ2) is 14.1. The van der Waals surface area contributed by atoms with Gasteiger partial charge in [0, 0.05) is 18.3 Å². The van der Waals surface area contributed by atoms with E-state index in [1.54, 1.807) is 0 Å². The lowest BCUT2D eigenvalue weighted by molar-refractivity contribution is -0.127. The highest BCUT2D eigenvalue weighted by Crippen LogP contribution is 2.34. The topological polar surface area (TPSA) is 74.6 Å². The summed E-state index contributed by atoms with van der Waals surface area (Å²) in [5.41, 5.74) is 0. The van der Waals surface area contributed by atoms with Crippen molar-refractivity contribution in [1.82, 2.24) is 0 Å². The molecule has 0 amide bonds. The molecule has 1 aliphatic carbocycles. The molecule has 4 heteroatoms. The summed E-state index contributed by atoms with van der Waals surface area (Å²) in [6, 6.07) is 0. The molecule has 0 saturated heterocycles. The zero-order chi connectivity index (χ0) is 19.2. The summed E-state index contributed by atoms with van der Waals surface area (Å²) in [6.45, 7) is 1.54. The lowest BCUT2D eigenvalue weighted by Gasteiger charge is -2.15. The number of Topliss-reactive ketones (excluding diaryl/α,β-unsaturated/α-hetero) is 2. The molecular weight excluding hydrogens is 328 g/mol. The number of carbonyl (C=O) groups is 2. The van der Waals surface area contributed by atoms with E-state index in [4.69, 9.17) is 5.11 Å². The van der Waals surface area contributed by atoms with E-state index >= 15 is 0 Å². The third kappa shape index (κ3) is 8.59. The molecule has 1 unspecified atom stereocenters. The fraction of sp³-hybridized carbons (Fsp3) is 0.818. The van der Waals surface area contributed by atoms with Gasteiger partial charge in [0.05, 0.1) is 6.61 Å². The van der Waals surface area contributed by atoms with Gasteiger partial charge in [-0.15, -0.1) is 0 Å². The van der Waals surface area contributed by atoms with Gasteiger partial charge in [0.15, 0.2) is 5.78 Å². The van der Waals surface area contributed by atoms with Gasteiger partial charge in [0.2, 0.25) is 0 Å². The van der Waals surface area contributed by atoms with Gasteiger partial charge in [-0.05, 0) is 38.0 Å². The summed E-state index contributed by atoms with van der Waals surface area (Å²) in [5.74, 6) is 0.290. The Morgan fingerprint density at radius 2 is 1.92 bits per heavy atom. The van der Waals surface area contributed by atoms with Crippen LogP contribution in [0.4, 0.5) is 0 Å². The van der Waals surface area contributed by atoms with Crippen LogP contribution in [0.2, 0.25) is 0 Å². The zero-order valence-corrected chi connectivity index (χ0v) is 16.5. The number of carbonyl (C=O) groups excluding carboxylic acids is 2. The highest BCUT2D eigenvalue weighted by Gasteiger charge is 2.32. The monoisotopic (exact) mass is 366 g/mol. The van der Waals surface area contributed by atoms with Crippen LogP contribution in [0.15, 0.2) is 12.2 Å². The van der Waals surface area contributed by atoms with Crippen molar-refractivity contribution in [2.75, 3.05) is 13.2 Å². The summed E-state index contributed by atoms with van der Waals surface area (Å²) in [6.07, 6.45) is 16.9. The van der Waals surface area contributed by atoms with Crippen LogP contribution in [0, 0.1) is 17.8 Å². The zero-order valence-electron chi connectivity index (χ0n) is 16.5. The van der Waals surface area contributed by atoms with Gasteiger partial charge in [0.25, 0.3) is 0 Å². The predicted octanol–water partition coefficient (Wildman–Crippen LogP) is 4.23. The van der Waals surface area contributed by atoms with Gasteiger partial charge in [-0.2, -0.15) is 0 Å². The summed E-state index contributed by atoms with van der Waals surface area (Å²) in [7, 11) is 0. The number of ketones is 2. The largest absolute Gasteiger partial charge is 0.396 e. The van der Waals surface area contributed by atoms with Crippen LogP contribution in [0.5, 0.6) is 0 Å². The molecule has 1 saturated carbocycles. The molecule has 0 heterocycles. The van der Waals surface area contributed by atoms with Crippen LogP contribution in [-0.4, -0.2) is 35.0 Å². The first-order valence-electron chi connectivity index (χ1n) is 10.6. The van der Waals surface area contributed by atoms with Gasteiger partial charge in [-0.25, -0.2) is 0 Å². The van der Waals surface area contributed by atoms with Crippen LogP contribution in [0.3, 0.4) is 0 Å². The van der Waals surface area contributed by atoms with E-state index in [9.17, 15) is 14.7 Å². The molecule has 3 atom stereocenters. The molecule has 0 bridgehead atoms. The summed E-state index contributed by atoms with van der Waals surface area (Å²) in [4.78, 5) is 23.6. The molecule has 0 aromatic carbocycles. The first-order valence-corrected chi connectivity index (χ1v) is 10.6. The molecule has 0 aromatic rings. The normalized spacial score (nSPS) is 21.6. The van der Waals surface area contributed by atoms with E-state index in [1.165, 1.54) is 25.7 Å². The molecule has 0 radical (unpaired) electrons. The van der Waals surface area contributed by atoms with Crippen molar-refractivity contribution in [1.29, 1.82) is 0 Å². The van der Waals surface area contributed by atoms with Crippen LogP contribution in [0.25, 0.3) is 0 Å². The number of allylic oxidation sites excluding steroid dienone is 2. The summed E-state index contributed by atoms with van der Waals surface area (Å²) < 4.78 is 0.